The molecule has 114 heavy (non-hydrogen) atoms. The Hall–Kier alpha value is -12.4. The van der Waals surface area contributed by atoms with Gasteiger partial charge in [0.05, 0.1) is 31.5 Å². The molecule has 2 aliphatic heterocycles. The van der Waals surface area contributed by atoms with E-state index in [9.17, 15) is 77.6 Å². The molecule has 14 amide bonds. The van der Waals surface area contributed by atoms with E-state index in [4.69, 9.17) is 0 Å². The van der Waals surface area contributed by atoms with Crippen LogP contribution >= 0.6 is 0 Å². The van der Waals surface area contributed by atoms with Gasteiger partial charge in [0.1, 0.15) is 66.5 Å². The van der Waals surface area contributed by atoms with Crippen molar-refractivity contribution in [2.45, 2.75) is 191 Å². The lowest BCUT2D eigenvalue weighted by Gasteiger charge is -2.30. The lowest BCUT2D eigenvalue weighted by molar-refractivity contribution is -0.157. The van der Waals surface area contributed by atoms with Gasteiger partial charge in [0.25, 0.3) is 0 Å². The van der Waals surface area contributed by atoms with Crippen LogP contribution in [0.2, 0.25) is 0 Å². The zero-order valence-electron chi connectivity index (χ0n) is 64.4. The molecule has 0 spiro atoms. The lowest BCUT2D eigenvalue weighted by atomic mass is 9.96. The van der Waals surface area contributed by atoms with Crippen LogP contribution in [-0.2, 0) is 109 Å². The molecule has 35 heteroatoms. The molecule has 0 radical (unpaired) electrons. The van der Waals surface area contributed by atoms with E-state index in [1.165, 1.54) is 24.3 Å². The van der Waals surface area contributed by atoms with Gasteiger partial charge in [0.15, 0.2) is 12.1 Å². The number of fused-ring (bicyclic) bond motifs is 1. The number of carboxylic acid groups (broad SMARTS) is 2. The van der Waals surface area contributed by atoms with E-state index in [1.54, 1.807) is 163 Å². The smallest absolute Gasteiger partial charge is 0.335 e. The molecule has 5 aromatic rings. The second kappa shape index (κ2) is 43.4. The highest BCUT2D eigenvalue weighted by molar-refractivity contribution is 6.01. The normalized spacial score (nSPS) is 20.5. The Morgan fingerprint density at radius 2 is 1.01 bits per heavy atom. The van der Waals surface area contributed by atoms with Crippen LogP contribution in [0, 0.1) is 17.8 Å². The van der Waals surface area contributed by atoms with Gasteiger partial charge in [-0.25, -0.2) is 14.6 Å². The third-order valence-electron chi connectivity index (χ3n) is 19.3. The molecule has 17 N–H and O–H groups in total. The summed E-state index contributed by atoms with van der Waals surface area (Å²) in [6, 6.07) is 14.5. The molecule has 14 atom stereocenters. The van der Waals surface area contributed by atoms with Gasteiger partial charge in [-0.3, -0.25) is 67.1 Å². The zero-order chi connectivity index (χ0) is 83.3. The van der Waals surface area contributed by atoms with Gasteiger partial charge in [-0.2, -0.15) is 0 Å². The van der Waals surface area contributed by atoms with E-state index in [2.05, 4.69) is 73.8 Å². The first kappa shape index (κ1) is 88.8. The number of hydrogen-bond acceptors (Lipinski definition) is 18. The number of benzene rings is 4. The SMILES string of the molecule is CCC(C)C(NC(=O)C(Cc1ccccc1)NC(=O)C(Cc1ccccc1)NC(=O)C1CC(=O)NCC(=O)NC(C(C)C)C(=O)NCC(=O)NC(Cc2ccccc2)C(=O)N2CCCC2C(=O)NC(CC(C)C)C(=O)NC(C)C(=O)N1)C(=O)NC(Cc1c[nH]cn1)C(=O)NC(Cc1ccccc1)C(=O)NC(C(=O)O)C(O)C(=O)O. The number of aromatic nitrogens is 2. The molecule has 4 aromatic carbocycles. The molecule has 0 bridgehead atoms. The van der Waals surface area contributed by atoms with Crippen LogP contribution in [-0.4, -0.2) is 223 Å². The Kier molecular flexibility index (Phi) is 33.8. The van der Waals surface area contributed by atoms with Gasteiger partial charge in [-0.05, 0) is 66.2 Å². The van der Waals surface area contributed by atoms with Crippen molar-refractivity contribution in [1.29, 1.82) is 0 Å². The minimum absolute atomic E-state index is 0.0117. The van der Waals surface area contributed by atoms with Gasteiger partial charge >= 0.3 is 11.9 Å². The number of nitrogens with one attached hydrogen (secondary N) is 14. The second-order valence-corrected chi connectivity index (χ2v) is 29.0. The summed E-state index contributed by atoms with van der Waals surface area (Å²) in [5.41, 5.74) is 2.26. The minimum Gasteiger partial charge on any atom is -0.480 e. The van der Waals surface area contributed by atoms with Gasteiger partial charge < -0.3 is 94.3 Å². The van der Waals surface area contributed by atoms with Crippen molar-refractivity contribution in [3.63, 3.8) is 0 Å². The quantitative estimate of drug-likeness (QED) is 0.0241. The summed E-state index contributed by atoms with van der Waals surface area (Å²) in [7, 11) is 0. The van der Waals surface area contributed by atoms with Gasteiger partial charge in [-0.15, -0.1) is 0 Å². The van der Waals surface area contributed by atoms with Crippen LogP contribution in [0.15, 0.2) is 134 Å². The molecule has 1 aromatic heterocycles. The van der Waals surface area contributed by atoms with E-state index in [0.29, 0.717) is 28.7 Å². The molecule has 612 valence electrons. The Balaban J connectivity index is 1.17. The largest absolute Gasteiger partial charge is 0.480 e. The van der Waals surface area contributed by atoms with Crippen LogP contribution in [0.5, 0.6) is 0 Å². The standard InChI is InChI=1S/C79H102N16O19/c1-8-45(6)64(76(109)91-56(37-51-39-80-42-83-51)70(103)89-55(35-49-26-17-11-18-27-49)73(106)94-65(78(111)112)66(99)79(113)114)93-72(105)54(34-48-24-15-10-16-25-48)88-69(102)53(33-47-22-13-9-14-23-47)87-71(104)57-38-60(96)81-40-62(98)92-63(44(4)5)75(108)82-41-61(97)85-58(36-50-28-19-12-20-29-50)77(110)95-31-21-30-59(95)74(107)90-52(32-43(2)3)68(101)84-46(7)67(100)86-57/h9-20,22-29,39,42-46,52-59,63-66,99H,8,21,30-38,40-41H2,1-7H3,(H,80,83)(H,81,96)(H,82,108)(H,84,101)(H,85,97)(H,86,100)(H,87,104)(H,88,102)(H,89,103)(H,90,107)(H,91,109)(H,92,98)(H,93,105)(H,94,106)(H,111,112)(H,113,114). The maximum Gasteiger partial charge on any atom is 0.335 e. The summed E-state index contributed by atoms with van der Waals surface area (Å²) in [4.78, 5) is 234. The van der Waals surface area contributed by atoms with Gasteiger partial charge in [-0.1, -0.05) is 169 Å². The number of nitrogens with zero attached hydrogens (tertiary/aromatic N) is 2. The molecule has 14 unspecified atom stereocenters. The third kappa shape index (κ3) is 27.2. The number of carbonyl (C=O) groups is 16. The second-order valence-electron chi connectivity index (χ2n) is 29.0. The van der Waals surface area contributed by atoms with Crippen LogP contribution < -0.4 is 69.1 Å². The van der Waals surface area contributed by atoms with Crippen LogP contribution in [0.1, 0.15) is 109 Å². The zero-order valence-corrected chi connectivity index (χ0v) is 64.4. The fourth-order valence-electron chi connectivity index (χ4n) is 12.8. The number of H-pyrrole nitrogens is 1. The van der Waals surface area contributed by atoms with Gasteiger partial charge in [0.2, 0.25) is 82.7 Å². The predicted molar refractivity (Wildman–Crippen MR) is 410 cm³/mol. The Bertz CT molecular complexity index is 4180. The van der Waals surface area contributed by atoms with Crippen molar-refractivity contribution < 1.29 is 92.0 Å². The molecule has 7 rings (SSSR count). The molecular weight excluding hydrogens is 1480 g/mol. The van der Waals surface area contributed by atoms with Crippen molar-refractivity contribution >= 4 is 94.6 Å². The number of carbonyl (C=O) groups excluding carboxylic acids is 14. The Morgan fingerprint density at radius 3 is 1.51 bits per heavy atom. The molecule has 2 aliphatic rings. The molecule has 2 saturated heterocycles. The fraction of sp³-hybridized carbons (Fsp3) is 0.456. The summed E-state index contributed by atoms with van der Waals surface area (Å²) >= 11 is 0. The summed E-state index contributed by atoms with van der Waals surface area (Å²) < 4.78 is 0. The van der Waals surface area contributed by atoms with E-state index in [-0.39, 0.29) is 69.5 Å². The number of imidazole rings is 1. The topological polar surface area (TPSA) is 522 Å². The first-order valence-corrected chi connectivity index (χ1v) is 37.7. The van der Waals surface area contributed by atoms with Crippen molar-refractivity contribution in [3.05, 3.63) is 162 Å². The predicted octanol–water partition coefficient (Wildman–Crippen LogP) is -1.82. The van der Waals surface area contributed by atoms with Crippen LogP contribution in [0.4, 0.5) is 0 Å². The average molecular weight is 1580 g/mol. The van der Waals surface area contributed by atoms with Crippen molar-refractivity contribution in [3.8, 4) is 0 Å². The van der Waals surface area contributed by atoms with E-state index in [0.717, 1.165) is 0 Å². The third-order valence-corrected chi connectivity index (χ3v) is 19.3. The molecule has 35 nitrogen and oxygen atoms in total. The van der Waals surface area contributed by atoms with Gasteiger partial charge in [0, 0.05) is 44.8 Å². The molecule has 0 aliphatic carbocycles. The lowest BCUT2D eigenvalue weighted by Crippen LogP contribution is -2.62. The maximum atomic E-state index is 15.3. The van der Waals surface area contributed by atoms with E-state index < -0.39 is 205 Å². The number of aliphatic hydroxyl groups excluding tert-OH is 1. The highest BCUT2D eigenvalue weighted by Gasteiger charge is 2.42. The minimum atomic E-state index is -2.61. The number of aliphatic hydroxyl groups is 1. The fourth-order valence-corrected chi connectivity index (χ4v) is 12.8. The molecule has 0 saturated carbocycles. The summed E-state index contributed by atoms with van der Waals surface area (Å²) in [5, 5.41) is 62.7. The number of carboxylic acids is 2. The van der Waals surface area contributed by atoms with Crippen molar-refractivity contribution in [2.24, 2.45) is 17.8 Å². The number of aromatic amines is 1. The Morgan fingerprint density at radius 1 is 0.518 bits per heavy atom. The number of hydrogen-bond donors (Lipinski definition) is 17. The number of aliphatic carboxylic acids is 2. The van der Waals surface area contributed by atoms with E-state index >= 15 is 14.4 Å². The first-order chi connectivity index (χ1) is 54.3. The average Bonchev–Trinajstić information content (AvgIpc) is 1.59. The van der Waals surface area contributed by atoms with Crippen molar-refractivity contribution in [2.75, 3.05) is 19.6 Å². The first-order valence-electron chi connectivity index (χ1n) is 37.7. The Labute approximate surface area is 658 Å². The van der Waals surface area contributed by atoms with Crippen LogP contribution in [0.25, 0.3) is 0 Å². The maximum absolute atomic E-state index is 15.3. The highest BCUT2D eigenvalue weighted by Crippen LogP contribution is 2.22. The molecule has 2 fully saturated rings. The van der Waals surface area contributed by atoms with E-state index in [1.807, 2.05) is 5.32 Å². The monoisotopic (exact) mass is 1580 g/mol. The van der Waals surface area contributed by atoms with Crippen LogP contribution in [0.3, 0.4) is 0 Å². The number of amides is 14. The molecule has 3 heterocycles. The molecular formula is C79H102N16O19. The summed E-state index contributed by atoms with van der Waals surface area (Å²) in [5.74, 6) is -18.6. The summed E-state index contributed by atoms with van der Waals surface area (Å²) in [6.45, 7) is 9.99. The summed E-state index contributed by atoms with van der Waals surface area (Å²) in [6.07, 6.45) is -1.32. The highest BCUT2D eigenvalue weighted by atomic mass is 16.4. The van der Waals surface area contributed by atoms with Crippen molar-refractivity contribution in [1.82, 2.24) is 84.0 Å². The number of rotatable bonds is 30.